The summed E-state index contributed by atoms with van der Waals surface area (Å²) in [5.74, 6) is 0. The molecule has 1 heterocycles. The van der Waals surface area contributed by atoms with Crippen molar-refractivity contribution in [3.63, 3.8) is 0 Å². The first-order valence-electron chi connectivity index (χ1n) is 12.2. The molecule has 0 fully saturated rings. The van der Waals surface area contributed by atoms with Crippen LogP contribution in [0.3, 0.4) is 0 Å². The number of hydrogen-bond acceptors (Lipinski definition) is 4. The van der Waals surface area contributed by atoms with E-state index in [0.29, 0.717) is 33.4 Å². The van der Waals surface area contributed by atoms with Gasteiger partial charge in [-0.1, -0.05) is 60.7 Å². The second kappa shape index (κ2) is 9.38. The van der Waals surface area contributed by atoms with Gasteiger partial charge in [-0.05, 0) is 48.0 Å². The molecule has 0 aliphatic carbocycles. The van der Waals surface area contributed by atoms with Crippen LogP contribution in [0.5, 0.6) is 0 Å². The van der Waals surface area contributed by atoms with Crippen LogP contribution in [-0.2, 0) is 0 Å². The molecule has 1 aromatic heterocycles. The lowest BCUT2D eigenvalue weighted by molar-refractivity contribution is 1.18. The third kappa shape index (κ3) is 3.60. The van der Waals surface area contributed by atoms with E-state index < -0.39 is 0 Å². The van der Waals surface area contributed by atoms with Crippen LogP contribution in [0, 0.1) is 45.3 Å². The molecule has 6 rings (SSSR count). The number of para-hydroxylation sites is 2. The minimum absolute atomic E-state index is 0.425. The Balaban J connectivity index is 1.80. The fourth-order valence-electron chi connectivity index (χ4n) is 5.35. The Labute approximate surface area is 224 Å². The number of fused-ring (bicyclic) bond motifs is 3. The summed E-state index contributed by atoms with van der Waals surface area (Å²) in [5.41, 5.74) is 7.08. The zero-order chi connectivity index (χ0) is 26.9. The van der Waals surface area contributed by atoms with Gasteiger partial charge >= 0.3 is 0 Å². The minimum Gasteiger partial charge on any atom is -0.309 e. The van der Waals surface area contributed by atoms with Gasteiger partial charge in [0, 0.05) is 33.2 Å². The van der Waals surface area contributed by atoms with Crippen LogP contribution in [0.4, 0.5) is 0 Å². The SMILES string of the molecule is N#Cc1cccc(C#N)c1-c1ccc2c3cccc(-c4c(C#N)cccc4C#N)c3n(-c3ccccc3)c2c1. The summed E-state index contributed by atoms with van der Waals surface area (Å²) in [6.45, 7) is 0. The maximum absolute atomic E-state index is 9.94. The smallest absolute Gasteiger partial charge is 0.0998 e. The number of aromatic nitrogens is 1. The van der Waals surface area contributed by atoms with Gasteiger partial charge in [0.05, 0.1) is 57.6 Å². The molecule has 0 spiro atoms. The van der Waals surface area contributed by atoms with E-state index >= 15 is 0 Å². The molecular formula is C34H17N5. The molecule has 0 atom stereocenters. The van der Waals surface area contributed by atoms with Crippen LogP contribution in [0.2, 0.25) is 0 Å². The van der Waals surface area contributed by atoms with Crippen molar-refractivity contribution < 1.29 is 0 Å². The lowest BCUT2D eigenvalue weighted by Gasteiger charge is -2.14. The quantitative estimate of drug-likeness (QED) is 0.252. The highest BCUT2D eigenvalue weighted by atomic mass is 15.0. The largest absolute Gasteiger partial charge is 0.309 e. The van der Waals surface area contributed by atoms with Gasteiger partial charge in [-0.2, -0.15) is 21.0 Å². The van der Waals surface area contributed by atoms with E-state index in [2.05, 4.69) is 28.8 Å². The Morgan fingerprint density at radius 2 is 1.05 bits per heavy atom. The third-order valence-electron chi connectivity index (χ3n) is 6.97. The van der Waals surface area contributed by atoms with Crippen LogP contribution in [0.25, 0.3) is 49.7 Å². The molecule has 6 aromatic rings. The number of nitrogens with zero attached hydrogens (tertiary/aromatic N) is 5. The van der Waals surface area contributed by atoms with E-state index in [-0.39, 0.29) is 0 Å². The number of hydrogen-bond donors (Lipinski definition) is 0. The van der Waals surface area contributed by atoms with Crippen molar-refractivity contribution in [1.82, 2.24) is 4.57 Å². The molecule has 0 saturated heterocycles. The summed E-state index contributed by atoms with van der Waals surface area (Å²) in [5, 5.41) is 41.4. The Hall–Kier alpha value is -6.14. The first-order chi connectivity index (χ1) is 19.2. The normalized spacial score (nSPS) is 10.5. The standard InChI is InChI=1S/C34H17N5/c35-18-23-7-4-8-24(19-36)32(23)22-15-16-28-29-13-6-14-30(33-25(20-37)9-5-10-26(33)21-38)34(29)39(31(28)17-22)27-11-2-1-3-12-27/h1-17H. The van der Waals surface area contributed by atoms with Gasteiger partial charge in [0.25, 0.3) is 0 Å². The molecule has 0 aliphatic heterocycles. The minimum atomic E-state index is 0.425. The van der Waals surface area contributed by atoms with Crippen molar-refractivity contribution in [1.29, 1.82) is 21.0 Å². The Bertz CT molecular complexity index is 2040. The fourth-order valence-corrected chi connectivity index (χ4v) is 5.35. The Kier molecular flexibility index (Phi) is 5.60. The van der Waals surface area contributed by atoms with E-state index in [4.69, 9.17) is 0 Å². The van der Waals surface area contributed by atoms with Crippen LogP contribution < -0.4 is 0 Å². The molecule has 5 nitrogen and oxygen atoms in total. The van der Waals surface area contributed by atoms with Gasteiger partial charge in [-0.3, -0.25) is 0 Å². The second-order valence-electron chi connectivity index (χ2n) is 9.01. The number of nitriles is 4. The molecule has 0 amide bonds. The highest BCUT2D eigenvalue weighted by Crippen LogP contribution is 2.41. The Morgan fingerprint density at radius 1 is 0.487 bits per heavy atom. The maximum atomic E-state index is 9.94. The molecule has 0 saturated carbocycles. The van der Waals surface area contributed by atoms with Crippen LogP contribution in [0.15, 0.2) is 103 Å². The fraction of sp³-hybridized carbons (Fsp3) is 0. The van der Waals surface area contributed by atoms with Crippen molar-refractivity contribution in [3.8, 4) is 52.2 Å². The Morgan fingerprint density at radius 3 is 1.64 bits per heavy atom. The van der Waals surface area contributed by atoms with Gasteiger partial charge in [0.15, 0.2) is 0 Å². The van der Waals surface area contributed by atoms with Crippen LogP contribution in [-0.4, -0.2) is 4.57 Å². The average molecular weight is 496 g/mol. The van der Waals surface area contributed by atoms with Crippen molar-refractivity contribution in [2.75, 3.05) is 0 Å². The van der Waals surface area contributed by atoms with E-state index in [0.717, 1.165) is 38.6 Å². The lowest BCUT2D eigenvalue weighted by atomic mass is 9.93. The molecule has 0 unspecified atom stereocenters. The number of rotatable bonds is 3. The molecule has 0 aliphatic rings. The average Bonchev–Trinajstić information content (AvgIpc) is 3.34. The molecular weight excluding hydrogens is 478 g/mol. The maximum Gasteiger partial charge on any atom is 0.0998 e. The zero-order valence-electron chi connectivity index (χ0n) is 20.6. The third-order valence-corrected chi connectivity index (χ3v) is 6.97. The van der Waals surface area contributed by atoms with Gasteiger partial charge in [0.1, 0.15) is 0 Å². The number of benzene rings is 5. The van der Waals surface area contributed by atoms with Gasteiger partial charge in [-0.15, -0.1) is 0 Å². The molecule has 178 valence electrons. The molecule has 0 radical (unpaired) electrons. The molecule has 39 heavy (non-hydrogen) atoms. The monoisotopic (exact) mass is 495 g/mol. The van der Waals surface area contributed by atoms with Gasteiger partial charge < -0.3 is 4.57 Å². The van der Waals surface area contributed by atoms with E-state index in [1.54, 1.807) is 36.4 Å². The van der Waals surface area contributed by atoms with E-state index in [1.807, 2.05) is 66.7 Å². The molecule has 0 bridgehead atoms. The topological polar surface area (TPSA) is 100 Å². The summed E-state index contributed by atoms with van der Waals surface area (Å²) in [6.07, 6.45) is 0. The summed E-state index contributed by atoms with van der Waals surface area (Å²) in [6, 6.07) is 41.0. The van der Waals surface area contributed by atoms with Crippen molar-refractivity contribution in [2.24, 2.45) is 0 Å². The van der Waals surface area contributed by atoms with Crippen LogP contribution in [0.1, 0.15) is 22.3 Å². The van der Waals surface area contributed by atoms with E-state index in [1.165, 1.54) is 0 Å². The highest BCUT2D eigenvalue weighted by Gasteiger charge is 2.21. The summed E-state index contributed by atoms with van der Waals surface area (Å²) in [4.78, 5) is 0. The van der Waals surface area contributed by atoms with Crippen LogP contribution >= 0.6 is 0 Å². The summed E-state index contributed by atoms with van der Waals surface area (Å²) >= 11 is 0. The highest BCUT2D eigenvalue weighted by molar-refractivity contribution is 6.15. The van der Waals surface area contributed by atoms with Gasteiger partial charge in [0.2, 0.25) is 0 Å². The summed E-state index contributed by atoms with van der Waals surface area (Å²) < 4.78 is 2.12. The van der Waals surface area contributed by atoms with E-state index in [9.17, 15) is 21.0 Å². The predicted octanol–water partition coefficient (Wildman–Crippen LogP) is 7.60. The first-order valence-corrected chi connectivity index (χ1v) is 12.2. The molecule has 0 N–H and O–H groups in total. The second-order valence-corrected chi connectivity index (χ2v) is 9.01. The van der Waals surface area contributed by atoms with Crippen molar-refractivity contribution in [2.45, 2.75) is 0 Å². The zero-order valence-corrected chi connectivity index (χ0v) is 20.6. The predicted molar refractivity (Wildman–Crippen MR) is 151 cm³/mol. The molecule has 5 heteroatoms. The molecule has 5 aromatic carbocycles. The first kappa shape index (κ1) is 23.3. The van der Waals surface area contributed by atoms with Crippen molar-refractivity contribution in [3.05, 3.63) is 125 Å². The summed E-state index contributed by atoms with van der Waals surface area (Å²) in [7, 11) is 0. The van der Waals surface area contributed by atoms with Crippen molar-refractivity contribution >= 4 is 21.8 Å². The lowest BCUT2D eigenvalue weighted by Crippen LogP contribution is -1.98. The van der Waals surface area contributed by atoms with Gasteiger partial charge in [-0.25, -0.2) is 0 Å².